The van der Waals surface area contributed by atoms with Crippen molar-refractivity contribution in [3.63, 3.8) is 0 Å². The van der Waals surface area contributed by atoms with E-state index in [0.29, 0.717) is 17.4 Å². The van der Waals surface area contributed by atoms with Crippen LogP contribution >= 0.6 is 7.82 Å². The lowest BCUT2D eigenvalue weighted by molar-refractivity contribution is -0.870. The van der Waals surface area contributed by atoms with Gasteiger partial charge in [0.05, 0.1) is 39.9 Å². The second-order valence-corrected chi connectivity index (χ2v) is 23.4. The molecule has 450 valence electrons. The van der Waals surface area contributed by atoms with E-state index in [0.717, 1.165) is 103 Å². The first-order chi connectivity index (χ1) is 38.5. The molecule has 3 unspecified atom stereocenters. The van der Waals surface area contributed by atoms with E-state index in [-0.39, 0.29) is 12.5 Å². The van der Waals surface area contributed by atoms with E-state index in [2.05, 4.69) is 153 Å². The molecule has 0 aliphatic rings. The maximum absolute atomic E-state index is 13.0. The first kappa shape index (κ1) is 75.4. The number of quaternary nitrogens is 1. The summed E-state index contributed by atoms with van der Waals surface area (Å²) in [7, 11) is 1.22. The van der Waals surface area contributed by atoms with Crippen LogP contribution in [0.1, 0.15) is 239 Å². The van der Waals surface area contributed by atoms with E-state index in [9.17, 15) is 19.4 Å². The van der Waals surface area contributed by atoms with Crippen molar-refractivity contribution >= 4 is 13.7 Å². The minimum absolute atomic E-state index is 0.0152. The first-order valence-electron chi connectivity index (χ1n) is 31.7. The lowest BCUT2D eigenvalue weighted by Gasteiger charge is -2.29. The first-order valence-corrected chi connectivity index (χ1v) is 33.2. The van der Waals surface area contributed by atoms with Crippen LogP contribution in [-0.2, 0) is 18.4 Å². The number of hydrogen-bond donors (Lipinski definition) is 2. The van der Waals surface area contributed by atoms with Gasteiger partial charge in [0.1, 0.15) is 13.2 Å². The molecular formula is C70H119N2O6P. The number of rotatable bonds is 56. The Hall–Kier alpha value is -3.62. The zero-order valence-corrected chi connectivity index (χ0v) is 52.2. The van der Waals surface area contributed by atoms with Crippen LogP contribution in [0.15, 0.2) is 146 Å². The summed E-state index contributed by atoms with van der Waals surface area (Å²) in [5, 5.41) is 13.9. The van der Waals surface area contributed by atoms with Crippen molar-refractivity contribution in [2.24, 2.45) is 0 Å². The lowest BCUT2D eigenvalue weighted by atomic mass is 10.0. The highest BCUT2D eigenvalue weighted by Gasteiger charge is 2.23. The van der Waals surface area contributed by atoms with Crippen LogP contribution in [0.25, 0.3) is 0 Å². The Labute approximate surface area is 487 Å². The molecule has 0 bridgehead atoms. The van der Waals surface area contributed by atoms with Gasteiger partial charge in [0.25, 0.3) is 7.82 Å². The third kappa shape index (κ3) is 61.8. The fourth-order valence-corrected chi connectivity index (χ4v) is 9.08. The summed E-state index contributed by atoms with van der Waals surface area (Å²) < 4.78 is 23.3. The molecule has 0 aromatic carbocycles. The number of amides is 1. The number of phosphoric ester groups is 1. The Morgan fingerprint density at radius 3 is 1.18 bits per heavy atom. The fraction of sp³-hybridized carbons (Fsp3) is 0.643. The summed E-state index contributed by atoms with van der Waals surface area (Å²) in [6.45, 7) is 4.48. The molecule has 0 aromatic rings. The predicted molar refractivity (Wildman–Crippen MR) is 343 cm³/mol. The van der Waals surface area contributed by atoms with Crippen LogP contribution in [0.5, 0.6) is 0 Å². The zero-order chi connectivity index (χ0) is 57.7. The smallest absolute Gasteiger partial charge is 0.268 e. The molecular weight excluding hydrogens is 996 g/mol. The van der Waals surface area contributed by atoms with Gasteiger partial charge >= 0.3 is 0 Å². The average Bonchev–Trinajstić information content (AvgIpc) is 3.42. The quantitative estimate of drug-likeness (QED) is 0.0272. The molecule has 0 spiro atoms. The Morgan fingerprint density at radius 2 is 0.785 bits per heavy atom. The SMILES string of the molecule is CC/C=C\C/C=C\C/C=C\C/C=C\C/C=C\C/C=C\C/C=C\C/C=C\C/C=C\CCCCCCCCCCCCCCCC(=O)NC(COP(=O)([O-])OCC[N+](C)(C)C)C(O)/C=C/CC/C=C/CC/C=C/CCCCCCCC. The molecule has 9 heteroatoms. The fourth-order valence-electron chi connectivity index (χ4n) is 8.35. The van der Waals surface area contributed by atoms with Gasteiger partial charge in [-0.05, 0) is 116 Å². The molecule has 0 saturated carbocycles. The van der Waals surface area contributed by atoms with E-state index < -0.39 is 26.6 Å². The van der Waals surface area contributed by atoms with Gasteiger partial charge in [-0.3, -0.25) is 9.36 Å². The van der Waals surface area contributed by atoms with Gasteiger partial charge in [-0.2, -0.15) is 0 Å². The molecule has 0 rings (SSSR count). The topological polar surface area (TPSA) is 108 Å². The summed E-state index contributed by atoms with van der Waals surface area (Å²) >= 11 is 0. The summed E-state index contributed by atoms with van der Waals surface area (Å²) in [6.07, 6.45) is 90.9. The Morgan fingerprint density at radius 1 is 0.456 bits per heavy atom. The Kier molecular flexibility index (Phi) is 56.3. The molecule has 0 radical (unpaired) electrons. The van der Waals surface area contributed by atoms with E-state index >= 15 is 0 Å². The standard InChI is InChI=1S/C70H119N2O6P/c1-6-8-10-12-14-16-18-20-22-24-25-26-27-28-29-30-31-32-33-34-35-36-37-38-39-40-41-42-43-44-45-46-47-48-50-52-54-56-58-60-62-64-70(74)71-68(67-78-79(75,76)77-66-65-72(3,4)5)69(73)63-61-59-57-55-53-51-49-23-21-19-17-15-13-11-9-7-2/h8,10,14,16,20-23,25-26,28-29,31-32,34-35,37-38,40-41,53,55,61,63,68-69,73H,6-7,9,11-13,15,17-19,24,27,30,33,36,39,42-52,54,56-60,62,64-67H2,1-5H3,(H-,71,74,75,76)/b10-8-,16-14-,22-20-,23-21+,26-25-,29-28-,32-31-,35-34-,38-37-,41-40-,55-53+,63-61+. The number of allylic oxidation sites excluding steroid dienone is 23. The van der Waals surface area contributed by atoms with Crippen molar-refractivity contribution in [3.05, 3.63) is 146 Å². The third-order valence-electron chi connectivity index (χ3n) is 13.3. The molecule has 0 heterocycles. The molecule has 3 atom stereocenters. The number of carbonyl (C=O) groups excluding carboxylic acids is 1. The van der Waals surface area contributed by atoms with Gasteiger partial charge in [-0.25, -0.2) is 0 Å². The van der Waals surface area contributed by atoms with Crippen LogP contribution in [0.2, 0.25) is 0 Å². The molecule has 0 aliphatic heterocycles. The minimum atomic E-state index is -4.62. The van der Waals surface area contributed by atoms with Crippen LogP contribution < -0.4 is 10.2 Å². The number of carbonyl (C=O) groups is 1. The number of nitrogens with zero attached hydrogens (tertiary/aromatic N) is 1. The summed E-state index contributed by atoms with van der Waals surface area (Å²) in [6, 6.07) is -0.919. The van der Waals surface area contributed by atoms with Crippen molar-refractivity contribution in [2.75, 3.05) is 40.9 Å². The molecule has 0 aliphatic carbocycles. The van der Waals surface area contributed by atoms with Crippen LogP contribution in [0, 0.1) is 0 Å². The van der Waals surface area contributed by atoms with Gasteiger partial charge in [-0.1, -0.05) is 262 Å². The highest BCUT2D eigenvalue weighted by Crippen LogP contribution is 2.38. The summed E-state index contributed by atoms with van der Waals surface area (Å²) in [4.78, 5) is 25.5. The van der Waals surface area contributed by atoms with E-state index in [1.807, 2.05) is 27.2 Å². The molecule has 2 N–H and O–H groups in total. The number of aliphatic hydroxyl groups excluding tert-OH is 1. The van der Waals surface area contributed by atoms with Gasteiger partial charge < -0.3 is 28.8 Å². The molecule has 0 fully saturated rings. The highest BCUT2D eigenvalue weighted by molar-refractivity contribution is 7.45. The van der Waals surface area contributed by atoms with Gasteiger partial charge in [-0.15, -0.1) is 0 Å². The maximum atomic E-state index is 13.0. The second kappa shape index (κ2) is 59.0. The second-order valence-electron chi connectivity index (χ2n) is 22.0. The van der Waals surface area contributed by atoms with Crippen molar-refractivity contribution < 1.29 is 32.9 Å². The number of likely N-dealkylation sites (N-methyl/N-ethyl adjacent to an activating group) is 1. The normalized spacial score (nSPS) is 14.8. The summed E-state index contributed by atoms with van der Waals surface area (Å²) in [5.41, 5.74) is 0. The van der Waals surface area contributed by atoms with Crippen LogP contribution in [0.3, 0.4) is 0 Å². The van der Waals surface area contributed by atoms with Crippen molar-refractivity contribution in [2.45, 2.75) is 251 Å². The Bertz CT molecular complexity index is 1790. The predicted octanol–water partition coefficient (Wildman–Crippen LogP) is 19.4. The van der Waals surface area contributed by atoms with Crippen molar-refractivity contribution in [1.29, 1.82) is 0 Å². The van der Waals surface area contributed by atoms with Gasteiger partial charge in [0, 0.05) is 6.42 Å². The van der Waals surface area contributed by atoms with Gasteiger partial charge in [0.2, 0.25) is 5.91 Å². The number of phosphoric acid groups is 1. The van der Waals surface area contributed by atoms with Gasteiger partial charge in [0.15, 0.2) is 0 Å². The number of aliphatic hydroxyl groups is 1. The maximum Gasteiger partial charge on any atom is 0.268 e. The average molecular weight is 1120 g/mol. The molecule has 0 saturated heterocycles. The number of nitrogens with one attached hydrogen (secondary N) is 1. The summed E-state index contributed by atoms with van der Waals surface area (Å²) in [5.74, 6) is -0.218. The van der Waals surface area contributed by atoms with E-state index in [4.69, 9.17) is 9.05 Å². The van der Waals surface area contributed by atoms with E-state index in [1.54, 1.807) is 6.08 Å². The molecule has 0 aromatic heterocycles. The molecule has 1 amide bonds. The number of unbranched alkanes of at least 4 members (excludes halogenated alkanes) is 21. The molecule has 8 nitrogen and oxygen atoms in total. The Balaban J connectivity index is 4.10. The van der Waals surface area contributed by atoms with Crippen LogP contribution in [0.4, 0.5) is 0 Å². The minimum Gasteiger partial charge on any atom is -0.756 e. The monoisotopic (exact) mass is 1110 g/mol. The zero-order valence-electron chi connectivity index (χ0n) is 51.3. The van der Waals surface area contributed by atoms with Crippen LogP contribution in [-0.4, -0.2) is 68.5 Å². The largest absolute Gasteiger partial charge is 0.756 e. The third-order valence-corrected chi connectivity index (χ3v) is 14.2. The van der Waals surface area contributed by atoms with E-state index in [1.165, 1.54) is 116 Å². The highest BCUT2D eigenvalue weighted by atomic mass is 31.2. The molecule has 79 heavy (non-hydrogen) atoms. The number of hydrogen-bond acceptors (Lipinski definition) is 6. The van der Waals surface area contributed by atoms with Crippen molar-refractivity contribution in [1.82, 2.24) is 5.32 Å². The lowest BCUT2D eigenvalue weighted by Crippen LogP contribution is -2.45. The van der Waals surface area contributed by atoms with Crippen molar-refractivity contribution in [3.8, 4) is 0 Å².